The largest absolute Gasteiger partial charge is 0.378 e. The van der Waals surface area contributed by atoms with Crippen molar-refractivity contribution in [3.05, 3.63) is 0 Å². The number of hydrogen-bond acceptors (Lipinski definition) is 3. The molecule has 0 aromatic rings. The Hall–Kier alpha value is -0.120. The molecule has 4 bridgehead atoms. The van der Waals surface area contributed by atoms with Gasteiger partial charge in [0, 0.05) is 12.6 Å². The molecule has 5 fully saturated rings. The summed E-state index contributed by atoms with van der Waals surface area (Å²) in [7, 11) is 0. The average molecular weight is 292 g/mol. The molecule has 4 atom stereocenters. The lowest BCUT2D eigenvalue weighted by Crippen LogP contribution is -2.59. The Labute approximate surface area is 129 Å². The summed E-state index contributed by atoms with van der Waals surface area (Å²) in [5.74, 6) is 7.99. The first kappa shape index (κ1) is 14.5. The minimum atomic E-state index is 0.492. The van der Waals surface area contributed by atoms with E-state index in [1.807, 2.05) is 0 Å². The van der Waals surface area contributed by atoms with E-state index in [1.165, 1.54) is 64.2 Å². The first-order valence-corrected chi connectivity index (χ1v) is 9.19. The zero-order valence-corrected chi connectivity index (χ0v) is 13.6. The first-order valence-electron chi connectivity index (χ1n) is 9.19. The minimum absolute atomic E-state index is 0.492. The van der Waals surface area contributed by atoms with Gasteiger partial charge in [-0.15, -0.1) is 0 Å². The van der Waals surface area contributed by atoms with Crippen LogP contribution in [0.3, 0.4) is 0 Å². The molecule has 5 aliphatic rings. The fraction of sp³-hybridized carbons (Fsp3) is 1.00. The summed E-state index contributed by atoms with van der Waals surface area (Å²) < 4.78 is 5.82. The number of ether oxygens (including phenoxy) is 1. The quantitative estimate of drug-likeness (QED) is 0.603. The highest BCUT2D eigenvalue weighted by atomic mass is 16.5. The second-order valence-corrected chi connectivity index (χ2v) is 9.07. The SMILES string of the molecule is CC12CC3CC(C1)CC(C(CCC1CCCO1)NN)(C3)C2. The van der Waals surface area contributed by atoms with Gasteiger partial charge in [0.15, 0.2) is 0 Å². The van der Waals surface area contributed by atoms with E-state index in [2.05, 4.69) is 12.3 Å². The van der Waals surface area contributed by atoms with Crippen molar-refractivity contribution in [3.63, 3.8) is 0 Å². The van der Waals surface area contributed by atoms with E-state index in [-0.39, 0.29) is 0 Å². The average Bonchev–Trinajstić information content (AvgIpc) is 2.89. The summed E-state index contributed by atoms with van der Waals surface area (Å²) >= 11 is 0. The van der Waals surface area contributed by atoms with Crippen LogP contribution >= 0.6 is 0 Å². The van der Waals surface area contributed by atoms with Gasteiger partial charge in [-0.3, -0.25) is 11.3 Å². The van der Waals surface area contributed by atoms with Gasteiger partial charge in [-0.2, -0.15) is 0 Å². The van der Waals surface area contributed by atoms with Gasteiger partial charge >= 0.3 is 0 Å². The molecule has 3 heteroatoms. The molecule has 1 saturated heterocycles. The summed E-state index contributed by atoms with van der Waals surface area (Å²) in [6.07, 6.45) is 14.1. The third-order valence-corrected chi connectivity index (χ3v) is 7.14. The van der Waals surface area contributed by atoms with E-state index in [9.17, 15) is 0 Å². The molecule has 3 nitrogen and oxygen atoms in total. The zero-order valence-electron chi connectivity index (χ0n) is 13.6. The molecule has 120 valence electrons. The smallest absolute Gasteiger partial charge is 0.0576 e. The number of hydrogen-bond donors (Lipinski definition) is 2. The maximum absolute atomic E-state index is 6.03. The lowest BCUT2D eigenvalue weighted by molar-refractivity contribution is -0.120. The summed E-state index contributed by atoms with van der Waals surface area (Å²) in [4.78, 5) is 0. The predicted molar refractivity (Wildman–Crippen MR) is 84.5 cm³/mol. The standard InChI is InChI=1S/C18H32N2O/c1-17-8-13-7-14(9-17)11-18(10-13,12-17)16(20-19)5-4-15-3-2-6-21-15/h13-16,20H,2-12,19H2,1H3. The van der Waals surface area contributed by atoms with Crippen molar-refractivity contribution < 1.29 is 4.74 Å². The molecule has 4 unspecified atom stereocenters. The van der Waals surface area contributed by atoms with Crippen molar-refractivity contribution in [2.45, 2.75) is 83.3 Å². The van der Waals surface area contributed by atoms with Crippen LogP contribution in [0, 0.1) is 22.7 Å². The summed E-state index contributed by atoms with van der Waals surface area (Å²) in [6, 6.07) is 0.506. The van der Waals surface area contributed by atoms with Crippen LogP contribution in [0.4, 0.5) is 0 Å². The van der Waals surface area contributed by atoms with E-state index in [0.29, 0.717) is 23.0 Å². The van der Waals surface area contributed by atoms with Crippen LogP contribution in [-0.2, 0) is 4.74 Å². The van der Waals surface area contributed by atoms with Gasteiger partial charge in [0.05, 0.1) is 6.10 Å². The van der Waals surface area contributed by atoms with Gasteiger partial charge in [-0.1, -0.05) is 6.92 Å². The summed E-state index contributed by atoms with van der Waals surface area (Å²) in [5, 5.41) is 0. The Morgan fingerprint density at radius 2 is 2.00 bits per heavy atom. The fourth-order valence-corrected chi connectivity index (χ4v) is 7.00. The van der Waals surface area contributed by atoms with Gasteiger partial charge in [0.25, 0.3) is 0 Å². The molecule has 0 aromatic carbocycles. The van der Waals surface area contributed by atoms with Gasteiger partial charge in [-0.05, 0) is 86.9 Å². The summed E-state index contributed by atoms with van der Waals surface area (Å²) in [5.41, 5.74) is 4.35. The number of nitrogens with one attached hydrogen (secondary N) is 1. The van der Waals surface area contributed by atoms with Crippen LogP contribution in [0.2, 0.25) is 0 Å². The molecular formula is C18H32N2O. The molecule has 4 saturated carbocycles. The van der Waals surface area contributed by atoms with Crippen molar-refractivity contribution in [2.24, 2.45) is 28.5 Å². The maximum atomic E-state index is 6.03. The molecule has 0 aromatic heterocycles. The van der Waals surface area contributed by atoms with Crippen LogP contribution in [0.25, 0.3) is 0 Å². The van der Waals surface area contributed by atoms with Gasteiger partial charge in [0.1, 0.15) is 0 Å². The molecule has 3 N–H and O–H groups in total. The van der Waals surface area contributed by atoms with E-state index in [4.69, 9.17) is 10.6 Å². The minimum Gasteiger partial charge on any atom is -0.378 e. The second kappa shape index (κ2) is 5.21. The third kappa shape index (κ3) is 2.55. The molecule has 0 spiro atoms. The predicted octanol–water partition coefficient (Wildman–Crippen LogP) is 3.38. The maximum Gasteiger partial charge on any atom is 0.0576 e. The van der Waals surface area contributed by atoms with Crippen LogP contribution < -0.4 is 11.3 Å². The highest BCUT2D eigenvalue weighted by Gasteiger charge is 2.58. The monoisotopic (exact) mass is 292 g/mol. The lowest BCUT2D eigenvalue weighted by atomic mass is 9.43. The molecule has 1 heterocycles. The Balaban J connectivity index is 1.47. The topological polar surface area (TPSA) is 47.3 Å². The Morgan fingerprint density at radius 1 is 1.24 bits per heavy atom. The highest BCUT2D eigenvalue weighted by molar-refractivity contribution is 5.09. The molecule has 0 amide bonds. The van der Waals surface area contributed by atoms with Crippen molar-refractivity contribution >= 4 is 0 Å². The van der Waals surface area contributed by atoms with Crippen LogP contribution in [0.5, 0.6) is 0 Å². The van der Waals surface area contributed by atoms with Gasteiger partial charge in [-0.25, -0.2) is 0 Å². The number of nitrogens with two attached hydrogens (primary N) is 1. The molecule has 4 aliphatic carbocycles. The first-order chi connectivity index (χ1) is 10.1. The van der Waals surface area contributed by atoms with Gasteiger partial charge < -0.3 is 4.74 Å². The van der Waals surface area contributed by atoms with Crippen LogP contribution in [0.15, 0.2) is 0 Å². The van der Waals surface area contributed by atoms with Crippen LogP contribution in [0.1, 0.15) is 71.1 Å². The van der Waals surface area contributed by atoms with E-state index < -0.39 is 0 Å². The molecular weight excluding hydrogens is 260 g/mol. The summed E-state index contributed by atoms with van der Waals surface area (Å²) in [6.45, 7) is 3.52. The Morgan fingerprint density at radius 3 is 2.57 bits per heavy atom. The fourth-order valence-electron chi connectivity index (χ4n) is 7.00. The van der Waals surface area contributed by atoms with Crippen molar-refractivity contribution in [1.29, 1.82) is 0 Å². The van der Waals surface area contributed by atoms with E-state index >= 15 is 0 Å². The van der Waals surface area contributed by atoms with Crippen molar-refractivity contribution in [1.82, 2.24) is 5.43 Å². The van der Waals surface area contributed by atoms with Crippen molar-refractivity contribution in [3.8, 4) is 0 Å². The van der Waals surface area contributed by atoms with Crippen molar-refractivity contribution in [2.75, 3.05) is 6.61 Å². The number of rotatable bonds is 5. The molecule has 1 aliphatic heterocycles. The zero-order chi connectivity index (χ0) is 14.5. The Bertz CT molecular complexity index is 377. The molecule has 21 heavy (non-hydrogen) atoms. The van der Waals surface area contributed by atoms with Gasteiger partial charge in [0.2, 0.25) is 0 Å². The highest BCUT2D eigenvalue weighted by Crippen LogP contribution is 2.66. The number of hydrazine groups is 1. The van der Waals surface area contributed by atoms with E-state index in [0.717, 1.165) is 18.4 Å². The third-order valence-electron chi connectivity index (χ3n) is 7.14. The van der Waals surface area contributed by atoms with E-state index in [1.54, 1.807) is 0 Å². The van der Waals surface area contributed by atoms with Crippen LogP contribution in [-0.4, -0.2) is 18.8 Å². The second-order valence-electron chi connectivity index (χ2n) is 9.07. The molecule has 5 rings (SSSR count). The lowest BCUT2D eigenvalue weighted by Gasteiger charge is -2.63. The Kier molecular flexibility index (Phi) is 3.59. The normalized spacial score (nSPS) is 49.7. The molecule has 0 radical (unpaired) electrons.